The van der Waals surface area contributed by atoms with Gasteiger partial charge in [-0.15, -0.1) is 11.3 Å². The SMILES string of the molecule is COCCCN(CC(=O)N1CCc2sccc2C1COc1ccc(Cl)c(C)c1)S(=O)(=O)c1ccc(Cl)cc1. The highest BCUT2D eigenvalue weighted by molar-refractivity contribution is 7.89. The molecule has 204 valence electrons. The lowest BCUT2D eigenvalue weighted by molar-refractivity contribution is -0.135. The number of fused-ring (bicyclic) bond motifs is 1. The standard InChI is InChI=1S/C27H30Cl2N2O5S2/c1-19-16-21(6-9-24(19)29)36-18-25-23-11-15-37-26(23)10-13-31(25)27(32)17-30(12-3-14-35-2)38(33,34)22-7-4-20(28)5-8-22/h4-9,11,15-16,25H,3,10,12-14,17-18H2,1-2H3. The molecule has 0 saturated heterocycles. The Labute approximate surface area is 237 Å². The van der Waals surface area contributed by atoms with E-state index < -0.39 is 10.0 Å². The second-order valence-corrected chi connectivity index (χ2v) is 12.8. The van der Waals surface area contributed by atoms with Crippen LogP contribution in [0.25, 0.3) is 0 Å². The van der Waals surface area contributed by atoms with Gasteiger partial charge in [-0.25, -0.2) is 8.42 Å². The number of carbonyl (C=O) groups excluding carboxylic acids is 1. The molecule has 3 aromatic rings. The summed E-state index contributed by atoms with van der Waals surface area (Å²) in [5, 5.41) is 3.10. The van der Waals surface area contributed by atoms with E-state index in [1.807, 2.05) is 24.4 Å². The number of thiophene rings is 1. The first-order valence-electron chi connectivity index (χ1n) is 12.2. The fourth-order valence-electron chi connectivity index (χ4n) is 4.42. The number of ether oxygens (including phenoxy) is 2. The van der Waals surface area contributed by atoms with Crippen LogP contribution in [0.4, 0.5) is 0 Å². The molecule has 0 N–H and O–H groups in total. The van der Waals surface area contributed by atoms with Crippen molar-refractivity contribution in [2.24, 2.45) is 0 Å². The number of hydrogen-bond donors (Lipinski definition) is 0. The van der Waals surface area contributed by atoms with Crippen molar-refractivity contribution in [3.8, 4) is 5.75 Å². The van der Waals surface area contributed by atoms with Crippen molar-refractivity contribution in [2.45, 2.75) is 30.7 Å². The zero-order valence-corrected chi connectivity index (χ0v) is 24.4. The minimum absolute atomic E-state index is 0.0869. The van der Waals surface area contributed by atoms with Crippen LogP contribution in [-0.2, 0) is 26.0 Å². The molecule has 2 aromatic carbocycles. The van der Waals surface area contributed by atoms with Crippen LogP contribution in [0.15, 0.2) is 58.8 Å². The third kappa shape index (κ3) is 6.70. The molecule has 1 aliphatic rings. The van der Waals surface area contributed by atoms with Gasteiger partial charge in [0, 0.05) is 41.7 Å². The molecular weight excluding hydrogens is 567 g/mol. The first-order chi connectivity index (χ1) is 18.2. The second kappa shape index (κ2) is 12.8. The van der Waals surface area contributed by atoms with Crippen LogP contribution >= 0.6 is 34.5 Å². The number of carbonyl (C=O) groups is 1. The summed E-state index contributed by atoms with van der Waals surface area (Å²) >= 11 is 13.8. The Kier molecular flexibility index (Phi) is 9.73. The summed E-state index contributed by atoms with van der Waals surface area (Å²) in [6.45, 7) is 2.86. The van der Waals surface area contributed by atoms with Gasteiger partial charge in [0.1, 0.15) is 12.4 Å². The van der Waals surface area contributed by atoms with E-state index >= 15 is 0 Å². The molecule has 1 aromatic heterocycles. The average molecular weight is 598 g/mol. The molecule has 11 heteroatoms. The van der Waals surface area contributed by atoms with Crippen LogP contribution in [0.1, 0.15) is 28.5 Å². The monoisotopic (exact) mass is 596 g/mol. The predicted octanol–water partition coefficient (Wildman–Crippen LogP) is 5.60. The predicted molar refractivity (Wildman–Crippen MR) is 151 cm³/mol. The zero-order valence-electron chi connectivity index (χ0n) is 21.2. The van der Waals surface area contributed by atoms with Gasteiger partial charge in [-0.3, -0.25) is 4.79 Å². The molecule has 0 saturated carbocycles. The second-order valence-electron chi connectivity index (χ2n) is 9.01. The van der Waals surface area contributed by atoms with Crippen molar-refractivity contribution in [3.05, 3.63) is 80.0 Å². The minimum Gasteiger partial charge on any atom is -0.491 e. The van der Waals surface area contributed by atoms with Gasteiger partial charge in [0.25, 0.3) is 0 Å². The van der Waals surface area contributed by atoms with Crippen LogP contribution in [-0.4, -0.2) is 63.5 Å². The lowest BCUT2D eigenvalue weighted by Gasteiger charge is -2.37. The normalized spacial score (nSPS) is 15.5. The average Bonchev–Trinajstić information content (AvgIpc) is 3.38. The Balaban J connectivity index is 1.56. The largest absolute Gasteiger partial charge is 0.491 e. The third-order valence-electron chi connectivity index (χ3n) is 6.47. The molecule has 0 bridgehead atoms. The minimum atomic E-state index is -3.93. The maximum atomic E-state index is 13.7. The van der Waals surface area contributed by atoms with Gasteiger partial charge in [0.15, 0.2) is 0 Å². The molecular formula is C27H30Cl2N2O5S2. The molecule has 1 atom stereocenters. The molecule has 0 spiro atoms. The van der Waals surface area contributed by atoms with E-state index in [0.717, 1.165) is 11.1 Å². The summed E-state index contributed by atoms with van der Waals surface area (Å²) < 4.78 is 39.5. The van der Waals surface area contributed by atoms with Gasteiger partial charge in [-0.1, -0.05) is 23.2 Å². The number of rotatable bonds is 11. The number of sulfonamides is 1. The lowest BCUT2D eigenvalue weighted by atomic mass is 10.0. The van der Waals surface area contributed by atoms with Crippen LogP contribution in [0.5, 0.6) is 5.75 Å². The molecule has 0 radical (unpaired) electrons. The van der Waals surface area contributed by atoms with Crippen molar-refractivity contribution < 1.29 is 22.7 Å². The maximum Gasteiger partial charge on any atom is 0.243 e. The number of amides is 1. The van der Waals surface area contributed by atoms with E-state index in [0.29, 0.717) is 41.8 Å². The molecule has 0 aliphatic carbocycles. The number of benzene rings is 2. The molecule has 7 nitrogen and oxygen atoms in total. The van der Waals surface area contributed by atoms with Gasteiger partial charge in [0.2, 0.25) is 15.9 Å². The van der Waals surface area contributed by atoms with Crippen molar-refractivity contribution in [3.63, 3.8) is 0 Å². The van der Waals surface area contributed by atoms with Crippen molar-refractivity contribution >= 4 is 50.5 Å². The Morgan fingerprint density at radius 3 is 2.63 bits per heavy atom. The number of aryl methyl sites for hydroxylation is 1. The summed E-state index contributed by atoms with van der Waals surface area (Å²) in [6, 6.07) is 13.1. The highest BCUT2D eigenvalue weighted by atomic mass is 35.5. The van der Waals surface area contributed by atoms with Crippen molar-refractivity contribution in [1.29, 1.82) is 0 Å². The highest BCUT2D eigenvalue weighted by Crippen LogP contribution is 2.34. The lowest BCUT2D eigenvalue weighted by Crippen LogP contribution is -2.48. The highest BCUT2D eigenvalue weighted by Gasteiger charge is 2.35. The Morgan fingerprint density at radius 1 is 1.16 bits per heavy atom. The van der Waals surface area contributed by atoms with Crippen LogP contribution in [0.2, 0.25) is 10.0 Å². The van der Waals surface area contributed by atoms with Gasteiger partial charge in [-0.2, -0.15) is 4.31 Å². The zero-order chi connectivity index (χ0) is 27.3. The van der Waals surface area contributed by atoms with Crippen LogP contribution in [0.3, 0.4) is 0 Å². The topological polar surface area (TPSA) is 76.2 Å². The molecule has 0 fully saturated rings. The van der Waals surface area contributed by atoms with E-state index in [2.05, 4.69) is 0 Å². The van der Waals surface area contributed by atoms with Crippen molar-refractivity contribution in [2.75, 3.05) is 40.0 Å². The summed E-state index contributed by atoms with van der Waals surface area (Å²) in [6.07, 6.45) is 1.16. The third-order valence-corrected chi connectivity index (χ3v) is 10.0. The first kappa shape index (κ1) is 28.9. The molecule has 1 unspecified atom stereocenters. The number of hydrogen-bond acceptors (Lipinski definition) is 6. The Hall–Kier alpha value is -2.14. The van der Waals surface area contributed by atoms with Gasteiger partial charge in [0.05, 0.1) is 17.5 Å². The molecule has 1 aliphatic heterocycles. The van der Waals surface area contributed by atoms with E-state index in [9.17, 15) is 13.2 Å². The number of nitrogens with zero attached hydrogens (tertiary/aromatic N) is 2. The number of halogens is 2. The summed E-state index contributed by atoms with van der Waals surface area (Å²) in [5.41, 5.74) is 1.93. The number of methoxy groups -OCH3 is 1. The molecule has 2 heterocycles. The van der Waals surface area contributed by atoms with E-state index in [-0.39, 0.29) is 36.5 Å². The van der Waals surface area contributed by atoms with Crippen molar-refractivity contribution in [1.82, 2.24) is 9.21 Å². The molecule has 4 rings (SSSR count). The maximum absolute atomic E-state index is 13.7. The smallest absolute Gasteiger partial charge is 0.243 e. The fraction of sp³-hybridized carbons (Fsp3) is 0.370. The van der Waals surface area contributed by atoms with E-state index in [1.54, 1.807) is 35.5 Å². The van der Waals surface area contributed by atoms with E-state index in [1.165, 1.54) is 33.4 Å². The van der Waals surface area contributed by atoms with Crippen LogP contribution < -0.4 is 4.74 Å². The summed E-state index contributed by atoms with van der Waals surface area (Å²) in [7, 11) is -2.38. The summed E-state index contributed by atoms with van der Waals surface area (Å²) in [4.78, 5) is 16.8. The molecule has 38 heavy (non-hydrogen) atoms. The van der Waals surface area contributed by atoms with E-state index in [4.69, 9.17) is 32.7 Å². The van der Waals surface area contributed by atoms with Crippen LogP contribution in [0, 0.1) is 6.92 Å². The Morgan fingerprint density at radius 2 is 1.92 bits per heavy atom. The van der Waals surface area contributed by atoms with Gasteiger partial charge >= 0.3 is 0 Å². The quantitative estimate of drug-likeness (QED) is 0.269. The van der Waals surface area contributed by atoms with Gasteiger partial charge < -0.3 is 14.4 Å². The van der Waals surface area contributed by atoms with Gasteiger partial charge in [-0.05, 0) is 84.8 Å². The molecule has 1 amide bonds. The Bertz CT molecular complexity index is 1360. The first-order valence-corrected chi connectivity index (χ1v) is 15.3. The summed E-state index contributed by atoms with van der Waals surface area (Å²) in [5.74, 6) is 0.380. The fourth-order valence-corrected chi connectivity index (χ4v) is 7.02.